The molecule has 0 saturated heterocycles. The molecule has 4 heteroatoms. The van der Waals surface area contributed by atoms with Crippen LogP contribution in [-0.4, -0.2) is 18.2 Å². The summed E-state index contributed by atoms with van der Waals surface area (Å²) in [7, 11) is 0. The van der Waals surface area contributed by atoms with Crippen molar-refractivity contribution in [2.45, 2.75) is 58.3 Å². The fourth-order valence-electron chi connectivity index (χ4n) is 3.04. The summed E-state index contributed by atoms with van der Waals surface area (Å²) in [5.41, 5.74) is 4.06. The van der Waals surface area contributed by atoms with Crippen molar-refractivity contribution in [3.8, 4) is 0 Å². The number of esters is 1. The van der Waals surface area contributed by atoms with Crippen molar-refractivity contribution in [3.05, 3.63) is 70.8 Å². The fraction of sp³-hybridized carbons (Fsp3) is 0.409. The topological polar surface area (TPSA) is 44.8 Å². The molecule has 0 unspecified atom stereocenters. The summed E-state index contributed by atoms with van der Waals surface area (Å²) in [5.74, 6) is -0.245. The van der Waals surface area contributed by atoms with Crippen molar-refractivity contribution in [3.63, 3.8) is 0 Å². The lowest BCUT2D eigenvalue weighted by Crippen LogP contribution is -2.28. The molecule has 138 valence electrons. The van der Waals surface area contributed by atoms with Crippen molar-refractivity contribution in [1.29, 1.82) is 0 Å². The number of carbonyl (C=O) groups is 1. The smallest absolute Gasteiger partial charge is 0.338 e. The van der Waals surface area contributed by atoms with Crippen molar-refractivity contribution in [2.24, 2.45) is 0 Å². The minimum absolute atomic E-state index is 0.0410. The Hall–Kier alpha value is -2.17. The van der Waals surface area contributed by atoms with Gasteiger partial charge in [0, 0.05) is 0 Å². The van der Waals surface area contributed by atoms with E-state index in [1.54, 1.807) is 0 Å². The first-order valence-corrected chi connectivity index (χ1v) is 9.21. The highest BCUT2D eigenvalue weighted by molar-refractivity contribution is 5.89. The number of hydrogen-bond donors (Lipinski definition) is 0. The number of hydrogen-bond acceptors (Lipinski definition) is 4. The van der Waals surface area contributed by atoms with Crippen LogP contribution in [0.4, 0.5) is 0 Å². The second-order valence-electron chi connectivity index (χ2n) is 7.01. The van der Waals surface area contributed by atoms with E-state index in [0.29, 0.717) is 12.2 Å². The Balaban J connectivity index is 1.36. The Bertz CT molecular complexity index is 698. The van der Waals surface area contributed by atoms with Crippen LogP contribution in [0.2, 0.25) is 0 Å². The molecule has 0 spiro atoms. The van der Waals surface area contributed by atoms with Crippen molar-refractivity contribution < 1.29 is 19.3 Å². The van der Waals surface area contributed by atoms with Crippen LogP contribution in [0, 0.1) is 13.8 Å². The molecule has 2 aromatic rings. The van der Waals surface area contributed by atoms with E-state index in [9.17, 15) is 4.79 Å². The maximum Gasteiger partial charge on any atom is 0.338 e. The molecule has 0 N–H and O–H groups in total. The van der Waals surface area contributed by atoms with Crippen LogP contribution in [0.25, 0.3) is 0 Å². The first kappa shape index (κ1) is 18.6. The highest BCUT2D eigenvalue weighted by Gasteiger charge is 2.25. The van der Waals surface area contributed by atoms with Gasteiger partial charge in [-0.3, -0.25) is 0 Å². The molecule has 0 aliphatic heterocycles. The normalized spacial score (nSPS) is 19.9. The molecule has 0 heterocycles. The van der Waals surface area contributed by atoms with E-state index in [1.807, 2.05) is 43.3 Å². The van der Waals surface area contributed by atoms with E-state index in [2.05, 4.69) is 19.1 Å². The molecular weight excluding hydrogens is 328 g/mol. The summed E-state index contributed by atoms with van der Waals surface area (Å²) < 4.78 is 5.62. The van der Waals surface area contributed by atoms with E-state index in [1.165, 1.54) is 5.56 Å². The predicted octanol–water partition coefficient (Wildman–Crippen LogP) is 4.92. The summed E-state index contributed by atoms with van der Waals surface area (Å²) in [6.07, 6.45) is 3.29. The first-order chi connectivity index (χ1) is 12.6. The van der Waals surface area contributed by atoms with Crippen LogP contribution in [0.1, 0.15) is 52.7 Å². The zero-order chi connectivity index (χ0) is 18.4. The minimum atomic E-state index is -0.245. The van der Waals surface area contributed by atoms with E-state index in [-0.39, 0.29) is 18.2 Å². The van der Waals surface area contributed by atoms with Gasteiger partial charge < -0.3 is 4.74 Å². The molecule has 3 rings (SSSR count). The number of aryl methyl sites for hydroxylation is 2. The third-order valence-corrected chi connectivity index (χ3v) is 4.73. The van der Waals surface area contributed by atoms with Gasteiger partial charge in [0.1, 0.15) is 12.7 Å². The van der Waals surface area contributed by atoms with E-state index < -0.39 is 0 Å². The highest BCUT2D eigenvalue weighted by Crippen LogP contribution is 2.25. The molecule has 4 nitrogen and oxygen atoms in total. The Labute approximate surface area is 155 Å². The van der Waals surface area contributed by atoms with Gasteiger partial charge in [0.15, 0.2) is 0 Å². The molecule has 2 aromatic carbocycles. The first-order valence-electron chi connectivity index (χ1n) is 9.21. The lowest BCUT2D eigenvalue weighted by atomic mass is 9.95. The van der Waals surface area contributed by atoms with Crippen LogP contribution in [0.15, 0.2) is 48.5 Å². The average molecular weight is 354 g/mol. The molecule has 1 saturated carbocycles. The van der Waals surface area contributed by atoms with Gasteiger partial charge in [-0.1, -0.05) is 47.5 Å². The van der Waals surface area contributed by atoms with Crippen LogP contribution >= 0.6 is 0 Å². The summed E-state index contributed by atoms with van der Waals surface area (Å²) in [6, 6.07) is 15.7. The van der Waals surface area contributed by atoms with Crippen molar-refractivity contribution >= 4 is 5.97 Å². The molecule has 1 aliphatic carbocycles. The molecule has 1 aliphatic rings. The summed E-state index contributed by atoms with van der Waals surface area (Å²) >= 11 is 0. The van der Waals surface area contributed by atoms with Gasteiger partial charge in [-0.15, -0.1) is 0 Å². The van der Waals surface area contributed by atoms with E-state index in [4.69, 9.17) is 14.5 Å². The maximum atomic E-state index is 12.2. The van der Waals surface area contributed by atoms with Gasteiger partial charge in [-0.25, -0.2) is 14.6 Å². The molecule has 0 amide bonds. The zero-order valence-electron chi connectivity index (χ0n) is 15.4. The van der Waals surface area contributed by atoms with E-state index >= 15 is 0 Å². The SMILES string of the molecule is Cc1ccc(COOC2CCC(OC(=O)c3ccc(C)cc3)CC2)cc1. The highest BCUT2D eigenvalue weighted by atomic mass is 17.2. The van der Waals surface area contributed by atoms with Crippen molar-refractivity contribution in [1.82, 2.24) is 0 Å². The third-order valence-electron chi connectivity index (χ3n) is 4.73. The fourth-order valence-corrected chi connectivity index (χ4v) is 3.04. The summed E-state index contributed by atoms with van der Waals surface area (Å²) in [6.45, 7) is 4.51. The van der Waals surface area contributed by atoms with Gasteiger partial charge in [0.05, 0.1) is 11.7 Å². The standard InChI is InChI=1S/C22H26O4/c1-16-3-7-18(8-4-16)15-24-26-21-13-11-20(12-14-21)25-22(23)19-9-5-17(2)6-10-19/h3-10,20-21H,11-15H2,1-2H3. The Morgan fingerprint density at radius 2 is 1.38 bits per heavy atom. The molecular formula is C22H26O4. The number of ether oxygens (including phenoxy) is 1. The molecule has 0 bridgehead atoms. The monoisotopic (exact) mass is 354 g/mol. The second-order valence-corrected chi connectivity index (χ2v) is 7.01. The Morgan fingerprint density at radius 1 is 0.846 bits per heavy atom. The Morgan fingerprint density at radius 3 is 2.00 bits per heavy atom. The molecule has 0 atom stereocenters. The molecule has 1 fully saturated rings. The van der Waals surface area contributed by atoms with Crippen LogP contribution in [0.5, 0.6) is 0 Å². The average Bonchev–Trinajstić information content (AvgIpc) is 2.65. The number of benzene rings is 2. The minimum Gasteiger partial charge on any atom is -0.459 e. The molecule has 26 heavy (non-hydrogen) atoms. The number of carbonyl (C=O) groups excluding carboxylic acids is 1. The van der Waals surface area contributed by atoms with Gasteiger partial charge in [-0.2, -0.15) is 0 Å². The van der Waals surface area contributed by atoms with Gasteiger partial charge in [0.25, 0.3) is 0 Å². The lowest BCUT2D eigenvalue weighted by molar-refractivity contribution is -0.338. The van der Waals surface area contributed by atoms with Gasteiger partial charge in [-0.05, 0) is 57.2 Å². The second kappa shape index (κ2) is 8.97. The predicted molar refractivity (Wildman–Crippen MR) is 99.7 cm³/mol. The molecule has 0 aromatic heterocycles. The largest absolute Gasteiger partial charge is 0.459 e. The quantitative estimate of drug-likeness (QED) is 0.420. The zero-order valence-corrected chi connectivity index (χ0v) is 15.4. The lowest BCUT2D eigenvalue weighted by Gasteiger charge is -2.27. The van der Waals surface area contributed by atoms with Crippen LogP contribution in [-0.2, 0) is 21.1 Å². The maximum absolute atomic E-state index is 12.2. The van der Waals surface area contributed by atoms with Gasteiger partial charge >= 0.3 is 5.97 Å². The Kier molecular flexibility index (Phi) is 6.42. The van der Waals surface area contributed by atoms with Crippen molar-refractivity contribution in [2.75, 3.05) is 0 Å². The number of rotatable bonds is 6. The molecule has 0 radical (unpaired) electrons. The van der Waals surface area contributed by atoms with Crippen LogP contribution in [0.3, 0.4) is 0 Å². The van der Waals surface area contributed by atoms with Crippen LogP contribution < -0.4 is 0 Å². The van der Waals surface area contributed by atoms with Gasteiger partial charge in [0.2, 0.25) is 0 Å². The summed E-state index contributed by atoms with van der Waals surface area (Å²) in [5, 5.41) is 0. The summed E-state index contributed by atoms with van der Waals surface area (Å²) in [4.78, 5) is 23.1. The third kappa shape index (κ3) is 5.41. The van der Waals surface area contributed by atoms with E-state index in [0.717, 1.165) is 36.8 Å².